The van der Waals surface area contributed by atoms with Crippen molar-refractivity contribution in [2.75, 3.05) is 13.2 Å². The molecule has 1 aliphatic rings. The molecule has 1 saturated carbocycles. The minimum Gasteiger partial charge on any atom is -0.374 e. The van der Waals surface area contributed by atoms with Crippen molar-refractivity contribution in [2.45, 2.75) is 31.6 Å². The van der Waals surface area contributed by atoms with Crippen molar-refractivity contribution in [3.63, 3.8) is 0 Å². The molecule has 2 rings (SSSR count). The first-order valence-corrected chi connectivity index (χ1v) is 5.96. The number of hydrogen-bond acceptors (Lipinski definition) is 2. The van der Waals surface area contributed by atoms with Crippen LogP contribution >= 0.6 is 0 Å². The first-order chi connectivity index (χ1) is 7.79. The highest BCUT2D eigenvalue weighted by atomic mass is 16.5. The van der Waals surface area contributed by atoms with E-state index in [-0.39, 0.29) is 17.8 Å². The van der Waals surface area contributed by atoms with Gasteiger partial charge in [0, 0.05) is 6.61 Å². The second-order valence-electron chi connectivity index (χ2n) is 4.36. The lowest BCUT2D eigenvalue weighted by atomic mass is 9.62. The fourth-order valence-electron chi connectivity index (χ4n) is 2.35. The van der Waals surface area contributed by atoms with E-state index < -0.39 is 0 Å². The number of Topliss-reactive ketones (excluding diaryl/α,β-unsaturated/α-hetero) is 1. The first-order valence-electron chi connectivity index (χ1n) is 5.96. The number of rotatable bonds is 5. The molecule has 2 nitrogen and oxygen atoms in total. The lowest BCUT2D eigenvalue weighted by molar-refractivity contribution is -0.132. The minimum absolute atomic E-state index is 0.240. The highest BCUT2D eigenvalue weighted by Gasteiger charge is 2.44. The van der Waals surface area contributed by atoms with E-state index in [1.165, 1.54) is 0 Å². The van der Waals surface area contributed by atoms with Crippen molar-refractivity contribution in [1.29, 1.82) is 0 Å². The van der Waals surface area contributed by atoms with Gasteiger partial charge in [-0.25, -0.2) is 0 Å². The third kappa shape index (κ3) is 1.90. The summed E-state index contributed by atoms with van der Waals surface area (Å²) in [6.45, 7) is 2.78. The van der Waals surface area contributed by atoms with Crippen LogP contribution in [0, 0.1) is 0 Å². The number of hydrogen-bond donors (Lipinski definition) is 0. The molecule has 0 amide bonds. The smallest absolute Gasteiger partial charge is 0.168 e. The Bertz CT molecular complexity index is 352. The molecule has 0 N–H and O–H groups in total. The Morgan fingerprint density at radius 1 is 1.31 bits per heavy atom. The molecule has 1 aromatic carbocycles. The molecule has 2 heteroatoms. The van der Waals surface area contributed by atoms with Crippen LogP contribution in [0.4, 0.5) is 0 Å². The zero-order valence-corrected chi connectivity index (χ0v) is 9.74. The molecule has 0 aromatic heterocycles. The van der Waals surface area contributed by atoms with Gasteiger partial charge in [-0.1, -0.05) is 36.8 Å². The van der Waals surface area contributed by atoms with E-state index in [2.05, 4.69) is 12.1 Å². The predicted molar refractivity (Wildman–Crippen MR) is 63.5 cm³/mol. The van der Waals surface area contributed by atoms with Gasteiger partial charge in [0.1, 0.15) is 6.61 Å². The normalized spacial score (nSPS) is 17.8. The summed E-state index contributed by atoms with van der Waals surface area (Å²) < 4.78 is 5.25. The monoisotopic (exact) mass is 218 g/mol. The number of ketones is 1. The van der Waals surface area contributed by atoms with E-state index >= 15 is 0 Å². The van der Waals surface area contributed by atoms with Gasteiger partial charge >= 0.3 is 0 Å². The van der Waals surface area contributed by atoms with Gasteiger partial charge in [0.15, 0.2) is 5.78 Å². The Kier molecular flexibility index (Phi) is 3.39. The predicted octanol–water partition coefficient (Wildman–Crippen LogP) is 2.71. The Morgan fingerprint density at radius 3 is 2.50 bits per heavy atom. The van der Waals surface area contributed by atoms with Crippen LogP contribution in [0.15, 0.2) is 30.3 Å². The number of carbonyl (C=O) groups excluding carboxylic acids is 1. The first kappa shape index (κ1) is 11.3. The molecule has 0 spiro atoms. The summed E-state index contributed by atoms with van der Waals surface area (Å²) in [6, 6.07) is 10.1. The molecule has 0 aliphatic heterocycles. The third-order valence-electron chi connectivity index (χ3n) is 3.50. The summed E-state index contributed by atoms with van der Waals surface area (Å²) >= 11 is 0. The summed E-state index contributed by atoms with van der Waals surface area (Å²) in [7, 11) is 0. The second-order valence-corrected chi connectivity index (χ2v) is 4.36. The summed E-state index contributed by atoms with van der Waals surface area (Å²) in [5.74, 6) is 0.242. The Labute approximate surface area is 96.6 Å². The minimum atomic E-state index is -0.240. The number of benzene rings is 1. The second kappa shape index (κ2) is 4.79. The average Bonchev–Trinajstić information content (AvgIpc) is 2.26. The van der Waals surface area contributed by atoms with E-state index in [0.29, 0.717) is 6.61 Å². The third-order valence-corrected chi connectivity index (χ3v) is 3.50. The van der Waals surface area contributed by atoms with Crippen molar-refractivity contribution in [1.82, 2.24) is 0 Å². The standard InChI is InChI=1S/C14H18O2/c1-2-16-11-13(15)14(9-6-10-14)12-7-4-3-5-8-12/h3-5,7-8H,2,6,9-11H2,1H3. The van der Waals surface area contributed by atoms with Crippen LogP contribution in [-0.4, -0.2) is 19.0 Å². The van der Waals surface area contributed by atoms with Crippen LogP contribution < -0.4 is 0 Å². The van der Waals surface area contributed by atoms with Crippen LogP contribution in [0.5, 0.6) is 0 Å². The van der Waals surface area contributed by atoms with Crippen LogP contribution in [0.1, 0.15) is 31.7 Å². The maximum Gasteiger partial charge on any atom is 0.168 e. The van der Waals surface area contributed by atoms with Gasteiger partial charge in [-0.2, -0.15) is 0 Å². The molecule has 1 aliphatic carbocycles. The molecule has 0 radical (unpaired) electrons. The van der Waals surface area contributed by atoms with Crippen LogP contribution in [-0.2, 0) is 14.9 Å². The summed E-state index contributed by atoms with van der Waals surface area (Å²) in [4.78, 5) is 12.2. The summed E-state index contributed by atoms with van der Waals surface area (Å²) in [5, 5.41) is 0. The molecule has 0 unspecified atom stereocenters. The Hall–Kier alpha value is -1.15. The molecule has 0 heterocycles. The van der Waals surface area contributed by atoms with Crippen molar-refractivity contribution in [3.8, 4) is 0 Å². The van der Waals surface area contributed by atoms with Crippen LogP contribution in [0.25, 0.3) is 0 Å². The van der Waals surface area contributed by atoms with E-state index in [0.717, 1.165) is 24.8 Å². The molecule has 86 valence electrons. The van der Waals surface area contributed by atoms with Gasteiger partial charge in [-0.3, -0.25) is 4.79 Å². The van der Waals surface area contributed by atoms with E-state index in [1.54, 1.807) is 0 Å². The summed E-state index contributed by atoms with van der Waals surface area (Å²) in [6.07, 6.45) is 3.10. The number of carbonyl (C=O) groups is 1. The van der Waals surface area contributed by atoms with E-state index in [9.17, 15) is 4.79 Å². The Balaban J connectivity index is 2.17. The van der Waals surface area contributed by atoms with Gasteiger partial charge in [-0.05, 0) is 25.3 Å². The highest BCUT2D eigenvalue weighted by Crippen LogP contribution is 2.44. The van der Waals surface area contributed by atoms with Gasteiger partial charge in [0.2, 0.25) is 0 Å². The maximum atomic E-state index is 12.2. The lowest BCUT2D eigenvalue weighted by Gasteiger charge is -2.40. The Morgan fingerprint density at radius 2 is 2.00 bits per heavy atom. The largest absolute Gasteiger partial charge is 0.374 e. The molecule has 1 aromatic rings. The van der Waals surface area contributed by atoms with E-state index in [4.69, 9.17) is 4.74 Å². The fourth-order valence-corrected chi connectivity index (χ4v) is 2.35. The topological polar surface area (TPSA) is 26.3 Å². The SMILES string of the molecule is CCOCC(=O)C1(c2ccccc2)CCC1. The van der Waals surface area contributed by atoms with Crippen molar-refractivity contribution in [3.05, 3.63) is 35.9 Å². The molecule has 0 bridgehead atoms. The fraction of sp³-hybridized carbons (Fsp3) is 0.500. The zero-order chi connectivity index (χ0) is 11.4. The lowest BCUT2D eigenvalue weighted by Crippen LogP contribution is -2.44. The zero-order valence-electron chi connectivity index (χ0n) is 9.74. The van der Waals surface area contributed by atoms with Crippen LogP contribution in [0.3, 0.4) is 0 Å². The molecular formula is C14H18O2. The quantitative estimate of drug-likeness (QED) is 0.759. The molecular weight excluding hydrogens is 200 g/mol. The highest BCUT2D eigenvalue weighted by molar-refractivity contribution is 5.92. The molecule has 0 atom stereocenters. The van der Waals surface area contributed by atoms with Crippen molar-refractivity contribution >= 4 is 5.78 Å². The van der Waals surface area contributed by atoms with Crippen LogP contribution in [0.2, 0.25) is 0 Å². The molecule has 1 fully saturated rings. The van der Waals surface area contributed by atoms with Gasteiger partial charge in [0.05, 0.1) is 5.41 Å². The molecule has 16 heavy (non-hydrogen) atoms. The average molecular weight is 218 g/mol. The summed E-state index contributed by atoms with van der Waals surface area (Å²) in [5.41, 5.74) is 0.919. The van der Waals surface area contributed by atoms with Crippen molar-refractivity contribution in [2.24, 2.45) is 0 Å². The van der Waals surface area contributed by atoms with Gasteiger partial charge in [0.25, 0.3) is 0 Å². The maximum absolute atomic E-state index is 12.2. The van der Waals surface area contributed by atoms with Crippen molar-refractivity contribution < 1.29 is 9.53 Å². The number of ether oxygens (including phenoxy) is 1. The van der Waals surface area contributed by atoms with E-state index in [1.807, 2.05) is 25.1 Å². The van der Waals surface area contributed by atoms with Gasteiger partial charge in [-0.15, -0.1) is 0 Å². The van der Waals surface area contributed by atoms with Gasteiger partial charge < -0.3 is 4.74 Å². The molecule has 0 saturated heterocycles.